The Kier molecular flexibility index (Phi) is 7.98. The molecule has 0 spiro atoms. The molecule has 8 nitrogen and oxygen atoms in total. The number of hydrogen-bond donors (Lipinski definition) is 0. The molecule has 1 heterocycles. The molecular weight excluding hydrogens is 432 g/mol. The molecule has 0 saturated carbocycles. The molecule has 2 aromatic rings. The average molecular weight is 463 g/mol. The van der Waals surface area contributed by atoms with Gasteiger partial charge >= 0.3 is 0 Å². The van der Waals surface area contributed by atoms with E-state index in [-0.39, 0.29) is 23.9 Å². The lowest BCUT2D eigenvalue weighted by Gasteiger charge is -2.34. The van der Waals surface area contributed by atoms with Gasteiger partial charge in [0, 0.05) is 32.6 Å². The predicted octanol–water partition coefficient (Wildman–Crippen LogP) is 2.57. The Balaban J connectivity index is 1.56. The first kappa shape index (κ1) is 23.9. The summed E-state index contributed by atoms with van der Waals surface area (Å²) >= 11 is 0. The molecule has 0 bridgehead atoms. The lowest BCUT2D eigenvalue weighted by molar-refractivity contribution is -0.132. The summed E-state index contributed by atoms with van der Waals surface area (Å²) in [5.41, 5.74) is 0.900. The van der Waals surface area contributed by atoms with E-state index in [0.29, 0.717) is 49.8 Å². The Bertz CT molecular complexity index is 1020. The number of benzene rings is 2. The summed E-state index contributed by atoms with van der Waals surface area (Å²) in [7, 11) is -0.416. The van der Waals surface area contributed by atoms with Gasteiger partial charge in [0.1, 0.15) is 17.2 Å². The van der Waals surface area contributed by atoms with Gasteiger partial charge in [-0.1, -0.05) is 0 Å². The zero-order chi connectivity index (χ0) is 23.1. The van der Waals surface area contributed by atoms with Crippen molar-refractivity contribution >= 4 is 15.9 Å². The van der Waals surface area contributed by atoms with Gasteiger partial charge in [-0.05, 0) is 61.4 Å². The highest BCUT2D eigenvalue weighted by molar-refractivity contribution is 7.89. The highest BCUT2D eigenvalue weighted by Crippen LogP contribution is 2.26. The number of aryl methyl sites for hydroxylation is 1. The first-order chi connectivity index (χ1) is 15.4. The Morgan fingerprint density at radius 1 is 0.938 bits per heavy atom. The van der Waals surface area contributed by atoms with E-state index < -0.39 is 10.0 Å². The summed E-state index contributed by atoms with van der Waals surface area (Å²) in [5, 5.41) is 0. The number of piperazine rings is 1. The van der Waals surface area contributed by atoms with Crippen LogP contribution in [0.3, 0.4) is 0 Å². The summed E-state index contributed by atoms with van der Waals surface area (Å²) in [5.74, 6) is 2.05. The second-order valence-corrected chi connectivity index (χ2v) is 9.31. The van der Waals surface area contributed by atoms with Crippen molar-refractivity contribution in [1.82, 2.24) is 9.21 Å². The fraction of sp³-hybridized carbons (Fsp3) is 0.435. The van der Waals surface area contributed by atoms with Gasteiger partial charge in [-0.15, -0.1) is 0 Å². The van der Waals surface area contributed by atoms with Gasteiger partial charge in [-0.2, -0.15) is 4.31 Å². The third-order valence-electron chi connectivity index (χ3n) is 5.46. The van der Waals surface area contributed by atoms with Crippen molar-refractivity contribution in [1.29, 1.82) is 0 Å². The van der Waals surface area contributed by atoms with Crippen molar-refractivity contribution in [3.63, 3.8) is 0 Å². The number of methoxy groups -OCH3 is 2. The number of nitrogens with zero attached hydrogens (tertiary/aromatic N) is 2. The highest BCUT2D eigenvalue weighted by Gasteiger charge is 2.30. The van der Waals surface area contributed by atoms with Crippen LogP contribution in [0.15, 0.2) is 47.4 Å². The molecule has 1 saturated heterocycles. The second kappa shape index (κ2) is 10.7. The van der Waals surface area contributed by atoms with Crippen LogP contribution in [0.5, 0.6) is 17.2 Å². The SMILES string of the molecule is CCOc1ccc(S(=O)(=O)N2CCN(C(=O)CCc3cc(OC)ccc3OC)CC2)cc1. The van der Waals surface area contributed by atoms with E-state index in [1.165, 1.54) is 4.31 Å². The lowest BCUT2D eigenvalue weighted by atomic mass is 10.1. The quantitative estimate of drug-likeness (QED) is 0.569. The van der Waals surface area contributed by atoms with Crippen LogP contribution in [0.2, 0.25) is 0 Å². The third kappa shape index (κ3) is 5.52. The standard InChI is InChI=1S/C23H30N2O6S/c1-4-31-19-6-9-21(10-7-19)32(27,28)25-15-13-24(14-16-25)23(26)12-5-18-17-20(29-2)8-11-22(18)30-3/h6-11,17H,4-5,12-16H2,1-3H3. The van der Waals surface area contributed by atoms with Crippen LogP contribution in [0.4, 0.5) is 0 Å². The Labute approximate surface area is 189 Å². The van der Waals surface area contributed by atoms with Crippen molar-refractivity contribution in [3.8, 4) is 17.2 Å². The zero-order valence-electron chi connectivity index (χ0n) is 18.7. The zero-order valence-corrected chi connectivity index (χ0v) is 19.6. The van der Waals surface area contributed by atoms with E-state index in [4.69, 9.17) is 14.2 Å². The van der Waals surface area contributed by atoms with Gasteiger partial charge in [-0.25, -0.2) is 8.42 Å². The fourth-order valence-corrected chi connectivity index (χ4v) is 5.10. The number of carbonyl (C=O) groups excluding carboxylic acids is 1. The number of ether oxygens (including phenoxy) is 3. The summed E-state index contributed by atoms with van der Waals surface area (Å²) < 4.78 is 43.3. The number of carbonyl (C=O) groups is 1. The topological polar surface area (TPSA) is 85.4 Å². The van der Waals surface area contributed by atoms with Gasteiger partial charge < -0.3 is 19.1 Å². The molecule has 174 valence electrons. The van der Waals surface area contributed by atoms with E-state index in [2.05, 4.69) is 0 Å². The smallest absolute Gasteiger partial charge is 0.243 e. The second-order valence-electron chi connectivity index (χ2n) is 7.37. The van der Waals surface area contributed by atoms with E-state index in [1.54, 1.807) is 43.4 Å². The van der Waals surface area contributed by atoms with Crippen LogP contribution in [-0.4, -0.2) is 70.5 Å². The fourth-order valence-electron chi connectivity index (χ4n) is 3.68. The largest absolute Gasteiger partial charge is 0.497 e. The predicted molar refractivity (Wildman–Crippen MR) is 121 cm³/mol. The first-order valence-electron chi connectivity index (χ1n) is 10.6. The van der Waals surface area contributed by atoms with E-state index in [1.807, 2.05) is 25.1 Å². The van der Waals surface area contributed by atoms with E-state index >= 15 is 0 Å². The number of sulfonamides is 1. The van der Waals surface area contributed by atoms with Crippen LogP contribution in [0.25, 0.3) is 0 Å². The molecule has 1 aliphatic rings. The number of rotatable bonds is 9. The molecule has 9 heteroatoms. The minimum absolute atomic E-state index is 0.00649. The Morgan fingerprint density at radius 3 is 2.19 bits per heavy atom. The summed E-state index contributed by atoms with van der Waals surface area (Å²) in [4.78, 5) is 14.7. The third-order valence-corrected chi connectivity index (χ3v) is 7.37. The van der Waals surface area contributed by atoms with Crippen molar-refractivity contribution in [2.45, 2.75) is 24.7 Å². The maximum Gasteiger partial charge on any atom is 0.243 e. The van der Waals surface area contributed by atoms with Crippen molar-refractivity contribution in [2.75, 3.05) is 47.0 Å². The van der Waals surface area contributed by atoms with Gasteiger partial charge in [-0.3, -0.25) is 4.79 Å². The monoisotopic (exact) mass is 462 g/mol. The molecule has 0 atom stereocenters. The summed E-state index contributed by atoms with van der Waals surface area (Å²) in [6.07, 6.45) is 0.832. The first-order valence-corrected chi connectivity index (χ1v) is 12.0. The molecule has 1 aliphatic heterocycles. The number of hydrogen-bond acceptors (Lipinski definition) is 6. The number of amides is 1. The summed E-state index contributed by atoms with van der Waals surface area (Å²) in [6.45, 7) is 3.66. The molecule has 3 rings (SSSR count). The lowest BCUT2D eigenvalue weighted by Crippen LogP contribution is -2.50. The van der Waals surface area contributed by atoms with Crippen LogP contribution in [0, 0.1) is 0 Å². The van der Waals surface area contributed by atoms with E-state index in [9.17, 15) is 13.2 Å². The van der Waals surface area contributed by atoms with Crippen molar-refractivity contribution in [2.24, 2.45) is 0 Å². The van der Waals surface area contributed by atoms with Crippen LogP contribution in [-0.2, 0) is 21.2 Å². The molecule has 0 N–H and O–H groups in total. The molecule has 0 aromatic heterocycles. The van der Waals surface area contributed by atoms with E-state index in [0.717, 1.165) is 5.56 Å². The summed E-state index contributed by atoms with van der Waals surface area (Å²) in [6, 6.07) is 11.9. The van der Waals surface area contributed by atoms with Crippen molar-refractivity contribution in [3.05, 3.63) is 48.0 Å². The molecular formula is C23H30N2O6S. The average Bonchev–Trinajstić information content (AvgIpc) is 2.83. The van der Waals surface area contributed by atoms with Gasteiger partial charge in [0.15, 0.2) is 0 Å². The maximum absolute atomic E-state index is 12.9. The minimum Gasteiger partial charge on any atom is -0.497 e. The van der Waals surface area contributed by atoms with Gasteiger partial charge in [0.25, 0.3) is 0 Å². The van der Waals surface area contributed by atoms with Crippen LogP contribution >= 0.6 is 0 Å². The molecule has 0 unspecified atom stereocenters. The van der Waals surface area contributed by atoms with Crippen LogP contribution in [0.1, 0.15) is 18.9 Å². The normalized spacial score (nSPS) is 14.8. The molecule has 1 amide bonds. The molecule has 1 fully saturated rings. The molecule has 32 heavy (non-hydrogen) atoms. The highest BCUT2D eigenvalue weighted by atomic mass is 32.2. The molecule has 0 radical (unpaired) electrons. The maximum atomic E-state index is 12.9. The van der Waals surface area contributed by atoms with Gasteiger partial charge in [0.05, 0.1) is 25.7 Å². The molecule has 2 aromatic carbocycles. The Morgan fingerprint density at radius 2 is 1.59 bits per heavy atom. The van der Waals surface area contributed by atoms with Gasteiger partial charge in [0.2, 0.25) is 15.9 Å². The Hall–Kier alpha value is -2.78. The minimum atomic E-state index is -3.61. The van der Waals surface area contributed by atoms with Crippen LogP contribution < -0.4 is 14.2 Å². The van der Waals surface area contributed by atoms with Crippen molar-refractivity contribution < 1.29 is 27.4 Å². The molecule has 0 aliphatic carbocycles.